The van der Waals surface area contributed by atoms with Crippen LogP contribution in [0.25, 0.3) is 6.08 Å². The molecule has 3 aromatic carbocycles. The summed E-state index contributed by atoms with van der Waals surface area (Å²) in [5.74, 6) is 1.03. The predicted molar refractivity (Wildman–Crippen MR) is 192 cm³/mol. The molecule has 0 radical (unpaired) electrons. The maximum absolute atomic E-state index is 6.57. The lowest BCUT2D eigenvalue weighted by Crippen LogP contribution is -2.42. The molecule has 0 amide bonds. The van der Waals surface area contributed by atoms with Gasteiger partial charge < -0.3 is 19.1 Å². The Balaban J connectivity index is 0.000000161. The van der Waals surface area contributed by atoms with Gasteiger partial charge in [0, 0.05) is 67.0 Å². The Hall–Kier alpha value is -3.74. The maximum Gasteiger partial charge on any atom is 0.209 e. The van der Waals surface area contributed by atoms with Crippen molar-refractivity contribution in [3.05, 3.63) is 89.0 Å². The normalized spacial score (nSPS) is 21.5. The van der Waals surface area contributed by atoms with E-state index >= 15 is 0 Å². The van der Waals surface area contributed by atoms with E-state index in [1.807, 2.05) is 0 Å². The van der Waals surface area contributed by atoms with Gasteiger partial charge in [0.15, 0.2) is 30.8 Å². The van der Waals surface area contributed by atoms with E-state index in [9.17, 15) is 0 Å². The van der Waals surface area contributed by atoms with Crippen LogP contribution in [0.5, 0.6) is 5.75 Å². The second-order valence-electron chi connectivity index (χ2n) is 14.4. The van der Waals surface area contributed by atoms with Gasteiger partial charge in [0.2, 0.25) is 11.4 Å². The SMILES string of the molecule is CC1=[N+](CCC2OCCO2)c2ccccc2C1(C)C.CCN(CC)c1ccc2c(c1)OC1CC[N+]3=C(C1=C2)C(C)(C)c1ccccc13. The predicted octanol–water partition coefficient (Wildman–Crippen LogP) is 8.00. The molecule has 0 aromatic heterocycles. The molecular weight excluding hydrogens is 582 g/mol. The van der Waals surface area contributed by atoms with Crippen LogP contribution in [0.4, 0.5) is 17.1 Å². The highest BCUT2D eigenvalue weighted by atomic mass is 16.7. The second kappa shape index (κ2) is 12.4. The molecule has 1 atom stereocenters. The average Bonchev–Trinajstić information content (AvgIpc) is 3.74. The fourth-order valence-electron chi connectivity index (χ4n) is 8.31. The van der Waals surface area contributed by atoms with Gasteiger partial charge in [-0.25, -0.2) is 0 Å². The van der Waals surface area contributed by atoms with Crippen LogP contribution in [0.1, 0.15) is 78.0 Å². The molecule has 0 N–H and O–H groups in total. The fourth-order valence-corrected chi connectivity index (χ4v) is 8.31. The molecule has 246 valence electrons. The average molecular weight is 634 g/mol. The van der Waals surface area contributed by atoms with E-state index in [2.05, 4.69) is 135 Å². The highest BCUT2D eigenvalue weighted by Gasteiger charge is 2.52. The molecule has 6 heteroatoms. The van der Waals surface area contributed by atoms with Crippen molar-refractivity contribution < 1.29 is 23.4 Å². The van der Waals surface area contributed by atoms with Crippen molar-refractivity contribution in [1.29, 1.82) is 0 Å². The van der Waals surface area contributed by atoms with Gasteiger partial charge in [0.1, 0.15) is 11.9 Å². The molecule has 0 aliphatic carbocycles. The van der Waals surface area contributed by atoms with Crippen molar-refractivity contribution in [1.82, 2.24) is 0 Å². The first kappa shape index (κ1) is 31.8. The summed E-state index contributed by atoms with van der Waals surface area (Å²) in [4.78, 5) is 2.37. The lowest BCUT2D eigenvalue weighted by Gasteiger charge is -2.32. The molecule has 0 bridgehead atoms. The van der Waals surface area contributed by atoms with Crippen molar-refractivity contribution in [3.8, 4) is 5.75 Å². The minimum Gasteiger partial charge on any atom is -0.485 e. The summed E-state index contributed by atoms with van der Waals surface area (Å²) < 4.78 is 22.6. The molecule has 1 fully saturated rings. The Bertz CT molecular complexity index is 1770. The molecule has 5 aliphatic rings. The van der Waals surface area contributed by atoms with E-state index in [0.717, 1.165) is 58.0 Å². The van der Waals surface area contributed by atoms with E-state index < -0.39 is 0 Å². The molecule has 5 aliphatic heterocycles. The third-order valence-corrected chi connectivity index (χ3v) is 11.1. The summed E-state index contributed by atoms with van der Waals surface area (Å²) in [6, 6.07) is 24.2. The standard InChI is InChI=1S/C25H29N2O.C16H22NO2/c1-5-26(6-2)18-12-11-17-15-19-22(28-23(17)16-18)13-14-27-21-10-8-7-9-20(21)25(3,4)24(19)27;1-12-16(2,3)13-6-4-5-7-14(13)17(12)9-8-15-18-10-11-19-15/h7-12,15-16,22H,5-6,13-14H2,1-4H3;4-7,15H,8-11H2,1-3H3/q2*+1. The van der Waals surface area contributed by atoms with Crippen LogP contribution in [0.15, 0.2) is 72.3 Å². The molecule has 6 nitrogen and oxygen atoms in total. The number of benzene rings is 3. The monoisotopic (exact) mass is 633 g/mol. The van der Waals surface area contributed by atoms with Gasteiger partial charge in [-0.3, -0.25) is 0 Å². The van der Waals surface area contributed by atoms with Gasteiger partial charge in [-0.05, 0) is 59.8 Å². The van der Waals surface area contributed by atoms with Gasteiger partial charge in [0.25, 0.3) is 0 Å². The zero-order chi connectivity index (χ0) is 32.9. The summed E-state index contributed by atoms with van der Waals surface area (Å²) in [6.45, 7) is 21.4. The van der Waals surface area contributed by atoms with Gasteiger partial charge >= 0.3 is 0 Å². The minimum atomic E-state index is -0.0244. The lowest BCUT2D eigenvalue weighted by molar-refractivity contribution is -0.444. The zero-order valence-corrected chi connectivity index (χ0v) is 29.3. The number of ether oxygens (including phenoxy) is 3. The Morgan fingerprint density at radius 2 is 1.49 bits per heavy atom. The number of hydrogen-bond acceptors (Lipinski definition) is 4. The summed E-state index contributed by atoms with van der Waals surface area (Å²) in [7, 11) is 0. The number of fused-ring (bicyclic) bond motifs is 6. The Morgan fingerprint density at radius 3 is 2.19 bits per heavy atom. The van der Waals surface area contributed by atoms with Gasteiger partial charge in [-0.2, -0.15) is 9.15 Å². The van der Waals surface area contributed by atoms with E-state index in [0.29, 0.717) is 0 Å². The minimum absolute atomic E-state index is 0.00310. The van der Waals surface area contributed by atoms with E-state index in [-0.39, 0.29) is 23.2 Å². The number of rotatable bonds is 6. The Morgan fingerprint density at radius 1 is 0.830 bits per heavy atom. The molecule has 1 unspecified atom stereocenters. The van der Waals surface area contributed by atoms with Crippen molar-refractivity contribution in [2.45, 2.75) is 84.5 Å². The third-order valence-electron chi connectivity index (χ3n) is 11.1. The van der Waals surface area contributed by atoms with Crippen molar-refractivity contribution >= 4 is 34.6 Å². The van der Waals surface area contributed by atoms with Crippen LogP contribution < -0.4 is 9.64 Å². The summed E-state index contributed by atoms with van der Waals surface area (Å²) in [5, 5.41) is 0. The van der Waals surface area contributed by atoms with Crippen molar-refractivity contribution in [2.24, 2.45) is 0 Å². The van der Waals surface area contributed by atoms with E-state index in [1.165, 1.54) is 50.7 Å². The van der Waals surface area contributed by atoms with Gasteiger partial charge in [-0.1, -0.05) is 36.4 Å². The fraction of sp³-hybridized carbons (Fsp3) is 0.463. The number of nitrogens with zero attached hydrogens (tertiary/aromatic N) is 3. The molecule has 3 aromatic rings. The molecule has 47 heavy (non-hydrogen) atoms. The van der Waals surface area contributed by atoms with Gasteiger partial charge in [0.05, 0.1) is 36.0 Å². The first-order chi connectivity index (χ1) is 22.6. The summed E-state index contributed by atoms with van der Waals surface area (Å²) >= 11 is 0. The zero-order valence-electron chi connectivity index (χ0n) is 29.3. The second-order valence-corrected chi connectivity index (χ2v) is 14.4. The molecule has 0 saturated carbocycles. The van der Waals surface area contributed by atoms with Crippen LogP contribution in [0.2, 0.25) is 0 Å². The van der Waals surface area contributed by atoms with Crippen LogP contribution >= 0.6 is 0 Å². The molecule has 1 saturated heterocycles. The number of hydrogen-bond donors (Lipinski definition) is 0. The Labute approximate surface area is 281 Å². The first-order valence-electron chi connectivity index (χ1n) is 17.6. The number of anilines is 1. The quantitative estimate of drug-likeness (QED) is 0.258. The summed E-state index contributed by atoms with van der Waals surface area (Å²) in [5.41, 5.74) is 12.3. The van der Waals surface area contributed by atoms with E-state index in [4.69, 9.17) is 14.2 Å². The van der Waals surface area contributed by atoms with Crippen LogP contribution in [0.3, 0.4) is 0 Å². The summed E-state index contributed by atoms with van der Waals surface area (Å²) in [6.07, 6.45) is 4.45. The van der Waals surface area contributed by atoms with Gasteiger partial charge in [-0.15, -0.1) is 0 Å². The molecule has 0 spiro atoms. The third kappa shape index (κ3) is 5.44. The first-order valence-corrected chi connectivity index (χ1v) is 17.6. The van der Waals surface area contributed by atoms with Crippen LogP contribution in [-0.2, 0) is 20.3 Å². The molecule has 5 heterocycles. The van der Waals surface area contributed by atoms with E-state index in [1.54, 1.807) is 0 Å². The highest BCUT2D eigenvalue weighted by molar-refractivity contribution is 6.11. The molecule has 8 rings (SSSR count). The number of para-hydroxylation sites is 2. The highest BCUT2D eigenvalue weighted by Crippen LogP contribution is 2.47. The lowest BCUT2D eigenvalue weighted by atomic mass is 9.76. The Kier molecular flexibility index (Phi) is 8.38. The topological polar surface area (TPSA) is 36.9 Å². The molecular formula is C41H51N3O3+2. The smallest absolute Gasteiger partial charge is 0.209 e. The largest absolute Gasteiger partial charge is 0.485 e. The van der Waals surface area contributed by atoms with Crippen molar-refractivity contribution in [2.75, 3.05) is 44.3 Å². The van der Waals surface area contributed by atoms with Crippen molar-refractivity contribution in [3.63, 3.8) is 0 Å². The van der Waals surface area contributed by atoms with Crippen LogP contribution in [-0.4, -0.2) is 72.4 Å². The maximum atomic E-state index is 6.57. The van der Waals surface area contributed by atoms with Crippen LogP contribution in [0, 0.1) is 0 Å².